The first-order valence-electron chi connectivity index (χ1n) is 12.2. The predicted molar refractivity (Wildman–Crippen MR) is 141 cm³/mol. The molecule has 0 saturated carbocycles. The number of anilines is 1. The molecule has 2 heterocycles. The molecule has 0 aromatic heterocycles. The topological polar surface area (TPSA) is 43.9 Å². The number of nitrogens with zero attached hydrogens (tertiary/aromatic N) is 3. The van der Waals surface area contributed by atoms with Crippen LogP contribution in [0, 0.1) is 11.8 Å². The second-order valence-electron chi connectivity index (χ2n) is 9.30. The van der Waals surface area contributed by atoms with Gasteiger partial charge in [0.1, 0.15) is 0 Å². The Morgan fingerprint density at radius 3 is 2.29 bits per heavy atom. The van der Waals surface area contributed by atoms with Crippen molar-refractivity contribution >= 4 is 36.0 Å². The summed E-state index contributed by atoms with van der Waals surface area (Å²) >= 11 is 0. The molecule has 2 aromatic rings. The minimum absolute atomic E-state index is 0. The molecule has 182 valence electrons. The van der Waals surface area contributed by atoms with Crippen molar-refractivity contribution in [2.75, 3.05) is 44.7 Å². The molecule has 4 rings (SSSR count). The molecule has 0 N–H and O–H groups in total. The molecule has 0 aliphatic carbocycles. The van der Waals surface area contributed by atoms with Crippen LogP contribution >= 0.6 is 12.4 Å². The van der Waals surface area contributed by atoms with Gasteiger partial charge in [-0.3, -0.25) is 9.59 Å². The van der Waals surface area contributed by atoms with E-state index in [4.69, 9.17) is 0 Å². The first-order valence-corrected chi connectivity index (χ1v) is 12.2. The van der Waals surface area contributed by atoms with E-state index >= 15 is 0 Å². The van der Waals surface area contributed by atoms with Gasteiger partial charge >= 0.3 is 0 Å². The Balaban J connectivity index is 0.00000324. The molecule has 0 radical (unpaired) electrons. The molecule has 1 unspecified atom stereocenters. The molecule has 2 aliphatic heterocycles. The van der Waals surface area contributed by atoms with E-state index in [1.165, 1.54) is 18.4 Å². The third-order valence-corrected chi connectivity index (χ3v) is 6.87. The number of carbonyl (C=O) groups is 2. The SMILES string of the molecule is CN1CC(C(=O)N(CCCN2CCC(C=Cc3ccccc3)CC2)c2ccccc2)CC1=O.Cl. The van der Waals surface area contributed by atoms with Crippen LogP contribution in [0.2, 0.25) is 0 Å². The van der Waals surface area contributed by atoms with Crippen molar-refractivity contribution in [2.45, 2.75) is 25.7 Å². The van der Waals surface area contributed by atoms with Crippen molar-refractivity contribution in [2.24, 2.45) is 11.8 Å². The van der Waals surface area contributed by atoms with Crippen LogP contribution in [0.5, 0.6) is 0 Å². The zero-order chi connectivity index (χ0) is 23.0. The lowest BCUT2D eigenvalue weighted by Gasteiger charge is -2.32. The van der Waals surface area contributed by atoms with Crippen LogP contribution < -0.4 is 4.90 Å². The van der Waals surface area contributed by atoms with E-state index in [9.17, 15) is 9.59 Å². The van der Waals surface area contributed by atoms with E-state index in [1.54, 1.807) is 11.9 Å². The van der Waals surface area contributed by atoms with Gasteiger partial charge in [0.2, 0.25) is 11.8 Å². The van der Waals surface area contributed by atoms with Gasteiger partial charge in [0, 0.05) is 32.2 Å². The molecule has 5 nitrogen and oxygen atoms in total. The summed E-state index contributed by atoms with van der Waals surface area (Å²) in [7, 11) is 1.78. The summed E-state index contributed by atoms with van der Waals surface area (Å²) < 4.78 is 0. The molecule has 0 bridgehead atoms. The first kappa shape index (κ1) is 26.0. The molecule has 0 spiro atoms. The second-order valence-corrected chi connectivity index (χ2v) is 9.30. The Morgan fingerprint density at radius 2 is 1.68 bits per heavy atom. The van der Waals surface area contributed by atoms with E-state index in [-0.39, 0.29) is 30.1 Å². The zero-order valence-corrected chi connectivity index (χ0v) is 20.8. The maximum absolute atomic E-state index is 13.3. The van der Waals surface area contributed by atoms with E-state index < -0.39 is 0 Å². The lowest BCUT2D eigenvalue weighted by molar-refractivity contribution is -0.127. The summed E-state index contributed by atoms with van der Waals surface area (Å²) in [6, 6.07) is 20.4. The molecule has 1 atom stereocenters. The van der Waals surface area contributed by atoms with E-state index in [0.29, 0.717) is 25.4 Å². The number of benzene rings is 2. The third-order valence-electron chi connectivity index (χ3n) is 6.87. The predicted octanol–water partition coefficient (Wildman–Crippen LogP) is 4.74. The fourth-order valence-corrected chi connectivity index (χ4v) is 4.86. The summed E-state index contributed by atoms with van der Waals surface area (Å²) in [5, 5.41) is 0. The van der Waals surface area contributed by atoms with Gasteiger partial charge < -0.3 is 14.7 Å². The van der Waals surface area contributed by atoms with Gasteiger partial charge in [0.15, 0.2) is 0 Å². The zero-order valence-electron chi connectivity index (χ0n) is 20.0. The van der Waals surface area contributed by atoms with Gasteiger partial charge in [-0.2, -0.15) is 0 Å². The molecule has 2 saturated heterocycles. The van der Waals surface area contributed by atoms with Gasteiger partial charge in [0.25, 0.3) is 0 Å². The van der Waals surface area contributed by atoms with Crippen LogP contribution in [0.15, 0.2) is 66.7 Å². The lowest BCUT2D eigenvalue weighted by atomic mass is 9.95. The summed E-state index contributed by atoms with van der Waals surface area (Å²) in [5.74, 6) is 0.532. The number of allylic oxidation sites excluding steroid dienone is 1. The molecule has 2 aliphatic rings. The summed E-state index contributed by atoms with van der Waals surface area (Å²) in [6.45, 7) is 4.40. The number of halogens is 1. The lowest BCUT2D eigenvalue weighted by Crippen LogP contribution is -2.40. The molecule has 6 heteroatoms. The standard InChI is InChI=1S/C28H35N3O2.ClH/c1-29-22-25(21-27(29)32)28(33)31(26-11-6-3-7-12-26)18-8-17-30-19-15-24(16-20-30)14-13-23-9-4-2-5-10-23;/h2-7,9-14,24-25H,8,15-22H2,1H3;1H. The number of rotatable bonds is 8. The number of para-hydroxylation sites is 1. The molecule has 2 aromatic carbocycles. The molecular weight excluding hydrogens is 446 g/mol. The number of amides is 2. The van der Waals surface area contributed by atoms with Crippen molar-refractivity contribution in [1.29, 1.82) is 0 Å². The quantitative estimate of drug-likeness (QED) is 0.547. The van der Waals surface area contributed by atoms with E-state index in [0.717, 1.165) is 31.7 Å². The Labute approximate surface area is 209 Å². The van der Waals surface area contributed by atoms with Crippen molar-refractivity contribution in [1.82, 2.24) is 9.80 Å². The van der Waals surface area contributed by atoms with Crippen LogP contribution in [0.25, 0.3) is 6.08 Å². The van der Waals surface area contributed by atoms with Gasteiger partial charge in [0.05, 0.1) is 5.92 Å². The fourth-order valence-electron chi connectivity index (χ4n) is 4.86. The number of likely N-dealkylation sites (tertiary alicyclic amines) is 2. The molecular formula is C28H36ClN3O2. The fraction of sp³-hybridized carbons (Fsp3) is 0.429. The maximum Gasteiger partial charge on any atom is 0.232 e. The minimum Gasteiger partial charge on any atom is -0.345 e. The van der Waals surface area contributed by atoms with Crippen LogP contribution in [0.4, 0.5) is 5.69 Å². The minimum atomic E-state index is -0.241. The maximum atomic E-state index is 13.3. The number of hydrogen-bond acceptors (Lipinski definition) is 3. The van der Waals surface area contributed by atoms with Gasteiger partial charge in [-0.25, -0.2) is 0 Å². The summed E-state index contributed by atoms with van der Waals surface area (Å²) in [4.78, 5) is 31.3. The molecule has 2 fully saturated rings. The van der Waals surface area contributed by atoms with Crippen molar-refractivity contribution in [3.8, 4) is 0 Å². The van der Waals surface area contributed by atoms with Crippen LogP contribution in [0.1, 0.15) is 31.2 Å². The van der Waals surface area contributed by atoms with Crippen LogP contribution in [0.3, 0.4) is 0 Å². The number of piperidine rings is 1. The second kappa shape index (κ2) is 12.7. The monoisotopic (exact) mass is 481 g/mol. The smallest absolute Gasteiger partial charge is 0.232 e. The number of carbonyl (C=O) groups excluding carboxylic acids is 2. The van der Waals surface area contributed by atoms with E-state index in [2.05, 4.69) is 41.3 Å². The summed E-state index contributed by atoms with van der Waals surface area (Å²) in [5.41, 5.74) is 2.19. The van der Waals surface area contributed by atoms with Gasteiger partial charge in [-0.05, 0) is 62.5 Å². The average Bonchev–Trinajstić information content (AvgIpc) is 3.20. The third kappa shape index (κ3) is 6.94. The van der Waals surface area contributed by atoms with Crippen molar-refractivity contribution in [3.05, 3.63) is 72.3 Å². The van der Waals surface area contributed by atoms with Crippen LogP contribution in [-0.4, -0.2) is 61.4 Å². The van der Waals surface area contributed by atoms with Crippen molar-refractivity contribution in [3.63, 3.8) is 0 Å². The van der Waals surface area contributed by atoms with Crippen LogP contribution in [-0.2, 0) is 9.59 Å². The normalized spacial score (nSPS) is 19.4. The Hall–Kier alpha value is -2.63. The van der Waals surface area contributed by atoms with Gasteiger partial charge in [-0.1, -0.05) is 60.7 Å². The highest BCUT2D eigenvalue weighted by Crippen LogP contribution is 2.24. The molecule has 34 heavy (non-hydrogen) atoms. The molecule has 2 amide bonds. The van der Waals surface area contributed by atoms with Crippen molar-refractivity contribution < 1.29 is 9.59 Å². The Kier molecular flexibility index (Phi) is 9.73. The largest absolute Gasteiger partial charge is 0.345 e. The highest BCUT2D eigenvalue weighted by atomic mass is 35.5. The van der Waals surface area contributed by atoms with Gasteiger partial charge in [-0.15, -0.1) is 12.4 Å². The Morgan fingerprint density at radius 1 is 1.03 bits per heavy atom. The first-order chi connectivity index (χ1) is 16.1. The summed E-state index contributed by atoms with van der Waals surface area (Å²) in [6.07, 6.45) is 8.23. The average molecular weight is 482 g/mol. The Bertz CT molecular complexity index is 943. The number of hydrogen-bond donors (Lipinski definition) is 0. The highest BCUT2D eigenvalue weighted by molar-refractivity contribution is 5.99. The van der Waals surface area contributed by atoms with E-state index in [1.807, 2.05) is 41.3 Å². The highest BCUT2D eigenvalue weighted by Gasteiger charge is 2.35.